The molecule has 8 nitrogen and oxygen atoms in total. The van der Waals surface area contributed by atoms with Gasteiger partial charge in [-0.2, -0.15) is 13.2 Å². The average molecular weight is 607 g/mol. The lowest BCUT2D eigenvalue weighted by molar-refractivity contribution is -0.192. The number of aromatic carboxylic acids is 1. The Kier molecular flexibility index (Phi) is 11.0. The Balaban J connectivity index is 0.000000616. The summed E-state index contributed by atoms with van der Waals surface area (Å²) in [6, 6.07) is 21.6. The molecule has 3 N–H and O–H groups in total. The Hall–Kier alpha value is -4.06. The van der Waals surface area contributed by atoms with Gasteiger partial charge in [0.05, 0.1) is 16.1 Å². The molecule has 1 saturated carbocycles. The Morgan fingerprint density at radius 2 is 1.52 bits per heavy atom. The minimum absolute atomic E-state index is 0.0515. The lowest BCUT2D eigenvalue weighted by Crippen LogP contribution is -2.24. The number of rotatable bonds is 9. The van der Waals surface area contributed by atoms with E-state index in [0.29, 0.717) is 24.7 Å². The highest BCUT2D eigenvalue weighted by molar-refractivity contribution is 7.92. The lowest BCUT2D eigenvalue weighted by Gasteiger charge is -2.25. The SMILES string of the molecule is CCN(Cc1ccccc1)c1ccc(NS(=O)(=O)c2ccc(C3CCCCC3)cc2)cc1C(=O)O.O=C(O)C(F)(F)F. The molecule has 0 saturated heterocycles. The molecule has 0 amide bonds. The Morgan fingerprint density at radius 1 is 0.929 bits per heavy atom. The van der Waals surface area contributed by atoms with E-state index in [9.17, 15) is 31.5 Å². The molecule has 0 aromatic heterocycles. The number of hydrogen-bond donors (Lipinski definition) is 3. The summed E-state index contributed by atoms with van der Waals surface area (Å²) in [6.45, 7) is 3.12. The highest BCUT2D eigenvalue weighted by atomic mass is 32.2. The number of carboxylic acid groups (broad SMARTS) is 2. The van der Waals surface area contributed by atoms with Crippen LogP contribution in [0, 0.1) is 0 Å². The van der Waals surface area contributed by atoms with Gasteiger partial charge in [0.25, 0.3) is 10.0 Å². The van der Waals surface area contributed by atoms with Crippen molar-refractivity contribution >= 4 is 33.3 Å². The molecule has 1 fully saturated rings. The van der Waals surface area contributed by atoms with Crippen LogP contribution in [0.5, 0.6) is 0 Å². The Bertz CT molecular complexity index is 1460. The van der Waals surface area contributed by atoms with Gasteiger partial charge >= 0.3 is 18.1 Å². The first-order chi connectivity index (χ1) is 19.8. The first-order valence-corrected chi connectivity index (χ1v) is 14.9. The van der Waals surface area contributed by atoms with E-state index in [-0.39, 0.29) is 16.1 Å². The van der Waals surface area contributed by atoms with Crippen LogP contribution in [-0.4, -0.2) is 43.3 Å². The summed E-state index contributed by atoms with van der Waals surface area (Å²) in [4.78, 5) is 23.1. The standard InChI is InChI=1S/C28H32N2O4S.C2HF3O2/c1-2-30(20-21-9-5-3-6-10-21)27-18-15-24(19-26(27)28(31)32)29-35(33,34)25-16-13-23(14-17-25)22-11-7-4-8-12-22;3-2(4,5)1(6)7/h3,5-6,9-10,13-19,22,29H,2,4,7-8,11-12,20H2,1H3,(H,31,32);(H,6,7). The summed E-state index contributed by atoms with van der Waals surface area (Å²) in [6.07, 6.45) is 0.914. The maximum absolute atomic E-state index is 13.0. The van der Waals surface area contributed by atoms with E-state index >= 15 is 0 Å². The van der Waals surface area contributed by atoms with E-state index in [1.165, 1.54) is 30.9 Å². The van der Waals surface area contributed by atoms with Gasteiger partial charge < -0.3 is 15.1 Å². The number of halogens is 3. The highest BCUT2D eigenvalue weighted by Crippen LogP contribution is 2.33. The van der Waals surface area contributed by atoms with Crippen molar-refractivity contribution in [2.24, 2.45) is 0 Å². The van der Waals surface area contributed by atoms with Crippen LogP contribution in [0.4, 0.5) is 24.5 Å². The van der Waals surface area contributed by atoms with Crippen LogP contribution < -0.4 is 9.62 Å². The molecule has 1 aliphatic rings. The Labute approximate surface area is 242 Å². The van der Waals surface area contributed by atoms with Crippen molar-refractivity contribution in [2.75, 3.05) is 16.2 Å². The van der Waals surface area contributed by atoms with E-state index in [1.54, 1.807) is 24.3 Å². The molecule has 3 aromatic rings. The molecule has 42 heavy (non-hydrogen) atoms. The van der Waals surface area contributed by atoms with E-state index < -0.39 is 28.1 Å². The van der Waals surface area contributed by atoms with E-state index in [2.05, 4.69) is 4.72 Å². The second kappa shape index (κ2) is 14.2. The summed E-state index contributed by atoms with van der Waals surface area (Å²) in [7, 11) is -3.85. The van der Waals surface area contributed by atoms with Crippen LogP contribution in [0.2, 0.25) is 0 Å². The molecule has 0 heterocycles. The topological polar surface area (TPSA) is 124 Å². The molecule has 0 spiro atoms. The first-order valence-electron chi connectivity index (χ1n) is 13.4. The number of aliphatic carboxylic acids is 1. The van der Waals surface area contributed by atoms with Gasteiger partial charge in [0.15, 0.2) is 0 Å². The van der Waals surface area contributed by atoms with Crippen LogP contribution in [-0.2, 0) is 21.4 Å². The van der Waals surface area contributed by atoms with Crippen molar-refractivity contribution in [2.45, 2.75) is 62.6 Å². The zero-order valence-electron chi connectivity index (χ0n) is 23.0. The van der Waals surface area contributed by atoms with Gasteiger partial charge in [-0.05, 0) is 67.1 Å². The molecule has 0 aliphatic heterocycles. The number of benzene rings is 3. The van der Waals surface area contributed by atoms with Gasteiger partial charge in [0.2, 0.25) is 0 Å². The molecule has 3 aromatic carbocycles. The molecule has 12 heteroatoms. The fraction of sp³-hybridized carbons (Fsp3) is 0.333. The zero-order chi connectivity index (χ0) is 30.9. The maximum Gasteiger partial charge on any atom is 0.490 e. The van der Waals surface area contributed by atoms with E-state index in [0.717, 1.165) is 18.4 Å². The van der Waals surface area contributed by atoms with Crippen molar-refractivity contribution in [3.63, 3.8) is 0 Å². The summed E-state index contributed by atoms with van der Waals surface area (Å²) < 4.78 is 60.3. The molecule has 0 unspecified atom stereocenters. The number of anilines is 2. The molecule has 0 atom stereocenters. The monoisotopic (exact) mass is 606 g/mol. The quantitative estimate of drug-likeness (QED) is 0.242. The van der Waals surface area contributed by atoms with Crippen LogP contribution in [0.25, 0.3) is 0 Å². The summed E-state index contributed by atoms with van der Waals surface area (Å²) in [5, 5.41) is 17.0. The number of carboxylic acids is 2. The summed E-state index contributed by atoms with van der Waals surface area (Å²) >= 11 is 0. The van der Waals surface area contributed by atoms with Crippen molar-refractivity contribution < 1.29 is 41.4 Å². The molecule has 0 radical (unpaired) electrons. The largest absolute Gasteiger partial charge is 0.490 e. The van der Waals surface area contributed by atoms with Gasteiger partial charge in [-0.15, -0.1) is 0 Å². The summed E-state index contributed by atoms with van der Waals surface area (Å²) in [5.41, 5.74) is 3.06. The Morgan fingerprint density at radius 3 is 2.05 bits per heavy atom. The zero-order valence-corrected chi connectivity index (χ0v) is 23.8. The average Bonchev–Trinajstić information content (AvgIpc) is 2.96. The van der Waals surface area contributed by atoms with Crippen molar-refractivity contribution in [1.82, 2.24) is 0 Å². The van der Waals surface area contributed by atoms with Crippen LogP contribution >= 0.6 is 0 Å². The number of sulfonamides is 1. The molecular weight excluding hydrogens is 573 g/mol. The third-order valence-electron chi connectivity index (χ3n) is 6.93. The van der Waals surface area contributed by atoms with Crippen LogP contribution in [0.15, 0.2) is 77.7 Å². The highest BCUT2D eigenvalue weighted by Gasteiger charge is 2.38. The molecule has 226 valence electrons. The molecular formula is C30H33F3N2O6S. The van der Waals surface area contributed by atoms with E-state index in [4.69, 9.17) is 9.90 Å². The van der Waals surface area contributed by atoms with Gasteiger partial charge in [-0.3, -0.25) is 4.72 Å². The predicted molar refractivity (Wildman–Crippen MR) is 153 cm³/mol. The number of carbonyl (C=O) groups is 2. The first kappa shape index (κ1) is 32.5. The fourth-order valence-electron chi connectivity index (χ4n) is 4.79. The number of hydrogen-bond acceptors (Lipinski definition) is 5. The minimum atomic E-state index is -5.08. The normalized spacial score (nSPS) is 13.9. The van der Waals surface area contributed by atoms with E-state index in [1.807, 2.05) is 54.3 Å². The predicted octanol–water partition coefficient (Wildman–Crippen LogP) is 6.89. The maximum atomic E-state index is 13.0. The third kappa shape index (κ3) is 8.97. The van der Waals surface area contributed by atoms with Crippen molar-refractivity contribution in [3.05, 3.63) is 89.5 Å². The van der Waals surface area contributed by atoms with Crippen molar-refractivity contribution in [3.8, 4) is 0 Å². The molecule has 4 rings (SSSR count). The van der Waals surface area contributed by atoms with Crippen molar-refractivity contribution in [1.29, 1.82) is 0 Å². The second-order valence-electron chi connectivity index (χ2n) is 9.85. The smallest absolute Gasteiger partial charge is 0.478 e. The summed E-state index contributed by atoms with van der Waals surface area (Å²) in [5.74, 6) is -3.37. The molecule has 0 bridgehead atoms. The lowest BCUT2D eigenvalue weighted by atomic mass is 9.84. The second-order valence-corrected chi connectivity index (χ2v) is 11.5. The van der Waals surface area contributed by atoms with Gasteiger partial charge in [0.1, 0.15) is 0 Å². The number of alkyl halides is 3. The van der Waals surface area contributed by atoms with Gasteiger partial charge in [-0.1, -0.05) is 61.7 Å². The third-order valence-corrected chi connectivity index (χ3v) is 8.32. The molecule has 1 aliphatic carbocycles. The van der Waals surface area contributed by atoms with Gasteiger partial charge in [-0.25, -0.2) is 18.0 Å². The van der Waals surface area contributed by atoms with Crippen LogP contribution in [0.1, 0.15) is 66.4 Å². The number of nitrogens with one attached hydrogen (secondary N) is 1. The minimum Gasteiger partial charge on any atom is -0.478 e. The number of nitrogens with zero attached hydrogens (tertiary/aromatic N) is 1. The fourth-order valence-corrected chi connectivity index (χ4v) is 5.84. The van der Waals surface area contributed by atoms with Gasteiger partial charge in [0, 0.05) is 18.8 Å². The van der Waals surface area contributed by atoms with Crippen LogP contribution in [0.3, 0.4) is 0 Å².